The first-order valence-electron chi connectivity index (χ1n) is 7.11. The predicted octanol–water partition coefficient (Wildman–Crippen LogP) is 4.13. The first-order chi connectivity index (χ1) is 9.93. The Morgan fingerprint density at radius 3 is 2.24 bits per heavy atom. The first kappa shape index (κ1) is 15.4. The molecule has 0 aliphatic rings. The van der Waals surface area contributed by atoms with Gasteiger partial charge in [0.25, 0.3) is 0 Å². The Hall–Kier alpha value is -2.00. The zero-order chi connectivity index (χ0) is 15.6. The molecule has 2 rings (SSSR count). The summed E-state index contributed by atoms with van der Waals surface area (Å²) < 4.78 is 5.39. The minimum Gasteiger partial charge on any atom is -0.496 e. The molecule has 3 nitrogen and oxygen atoms in total. The van der Waals surface area contributed by atoms with Crippen LogP contribution in [0.5, 0.6) is 5.75 Å². The van der Waals surface area contributed by atoms with Crippen LogP contribution in [0.1, 0.15) is 29.7 Å². The van der Waals surface area contributed by atoms with Crippen molar-refractivity contribution in [2.24, 2.45) is 0 Å². The summed E-state index contributed by atoms with van der Waals surface area (Å²) in [6.45, 7) is 5.94. The van der Waals surface area contributed by atoms with Crippen LogP contribution >= 0.6 is 0 Å². The Morgan fingerprint density at radius 2 is 1.71 bits per heavy atom. The molecule has 0 fully saturated rings. The fraction of sp³-hybridized carbons (Fsp3) is 0.333. The summed E-state index contributed by atoms with van der Waals surface area (Å²) in [5, 5.41) is 10.1. The van der Waals surface area contributed by atoms with Crippen LogP contribution in [0.25, 0.3) is 0 Å². The first-order valence-corrected chi connectivity index (χ1v) is 7.11. The van der Waals surface area contributed by atoms with Crippen molar-refractivity contribution >= 4 is 11.4 Å². The number of ether oxygens (including phenoxy) is 1. The van der Waals surface area contributed by atoms with Crippen molar-refractivity contribution in [1.82, 2.24) is 0 Å². The van der Waals surface area contributed by atoms with Crippen LogP contribution in [0.15, 0.2) is 36.4 Å². The van der Waals surface area contributed by atoms with Gasteiger partial charge in [0.05, 0.1) is 18.9 Å². The Morgan fingerprint density at radius 1 is 1.10 bits per heavy atom. The quantitative estimate of drug-likeness (QED) is 0.916. The second kappa shape index (κ2) is 6.19. The highest BCUT2D eigenvalue weighted by molar-refractivity contribution is 5.69. The van der Waals surface area contributed by atoms with Crippen molar-refractivity contribution in [1.29, 1.82) is 0 Å². The number of anilines is 2. The highest BCUT2D eigenvalue weighted by Crippen LogP contribution is 2.37. The van der Waals surface area contributed by atoms with Crippen LogP contribution < -0.4 is 9.64 Å². The van der Waals surface area contributed by atoms with Gasteiger partial charge < -0.3 is 14.7 Å². The average molecular weight is 285 g/mol. The molecule has 0 saturated carbocycles. The van der Waals surface area contributed by atoms with Gasteiger partial charge in [-0.05, 0) is 56.2 Å². The van der Waals surface area contributed by atoms with Gasteiger partial charge in [-0.15, -0.1) is 0 Å². The lowest BCUT2D eigenvalue weighted by Gasteiger charge is -2.26. The number of aliphatic hydroxyl groups is 1. The fourth-order valence-electron chi connectivity index (χ4n) is 2.71. The molecule has 0 aromatic heterocycles. The Bertz CT molecular complexity index is 615. The van der Waals surface area contributed by atoms with Gasteiger partial charge in [-0.25, -0.2) is 0 Å². The molecule has 0 amide bonds. The van der Waals surface area contributed by atoms with Crippen LogP contribution in [0.2, 0.25) is 0 Å². The lowest BCUT2D eigenvalue weighted by atomic mass is 10.0. The van der Waals surface area contributed by atoms with Crippen LogP contribution in [0.4, 0.5) is 11.4 Å². The van der Waals surface area contributed by atoms with E-state index in [1.54, 1.807) is 14.0 Å². The van der Waals surface area contributed by atoms with Crippen molar-refractivity contribution in [3.63, 3.8) is 0 Å². The highest BCUT2D eigenvalue weighted by Gasteiger charge is 2.17. The number of hydrogen-bond donors (Lipinski definition) is 1. The van der Waals surface area contributed by atoms with Crippen LogP contribution in [-0.2, 0) is 0 Å². The third kappa shape index (κ3) is 3.19. The van der Waals surface area contributed by atoms with E-state index in [1.165, 1.54) is 11.1 Å². The van der Waals surface area contributed by atoms with E-state index >= 15 is 0 Å². The van der Waals surface area contributed by atoms with Gasteiger partial charge >= 0.3 is 0 Å². The van der Waals surface area contributed by atoms with Gasteiger partial charge in [-0.1, -0.05) is 12.1 Å². The maximum absolute atomic E-state index is 10.1. The number of rotatable bonds is 4. The van der Waals surface area contributed by atoms with Crippen molar-refractivity contribution in [3.8, 4) is 5.75 Å². The maximum Gasteiger partial charge on any atom is 0.126 e. The fourth-order valence-corrected chi connectivity index (χ4v) is 2.71. The summed E-state index contributed by atoms with van der Waals surface area (Å²) in [6, 6.07) is 12.2. The average Bonchev–Trinajstić information content (AvgIpc) is 2.44. The van der Waals surface area contributed by atoms with Crippen molar-refractivity contribution in [2.45, 2.75) is 26.9 Å². The molecule has 1 N–H and O–H groups in total. The van der Waals surface area contributed by atoms with E-state index in [0.717, 1.165) is 16.9 Å². The second-order valence-corrected chi connectivity index (χ2v) is 5.47. The summed E-state index contributed by atoms with van der Waals surface area (Å²) in [7, 11) is 3.64. The summed E-state index contributed by atoms with van der Waals surface area (Å²) in [4.78, 5) is 2.09. The molecular weight excluding hydrogens is 262 g/mol. The number of nitrogens with zero attached hydrogens (tertiary/aromatic N) is 1. The number of hydrogen-bond acceptors (Lipinski definition) is 3. The van der Waals surface area contributed by atoms with Gasteiger partial charge in [0, 0.05) is 18.3 Å². The largest absolute Gasteiger partial charge is 0.496 e. The number of benzene rings is 2. The molecule has 21 heavy (non-hydrogen) atoms. The van der Waals surface area contributed by atoms with E-state index in [4.69, 9.17) is 4.74 Å². The van der Waals surface area contributed by atoms with Crippen LogP contribution in [0.3, 0.4) is 0 Å². The van der Waals surface area contributed by atoms with Crippen molar-refractivity contribution < 1.29 is 9.84 Å². The number of aliphatic hydroxyl groups excluding tert-OH is 1. The number of methoxy groups -OCH3 is 1. The van der Waals surface area contributed by atoms with Gasteiger partial charge in [0.1, 0.15) is 5.75 Å². The molecule has 0 aliphatic heterocycles. The van der Waals surface area contributed by atoms with E-state index < -0.39 is 6.10 Å². The maximum atomic E-state index is 10.1. The Kier molecular flexibility index (Phi) is 4.53. The summed E-state index contributed by atoms with van der Waals surface area (Å²) in [5.41, 5.74) is 5.30. The second-order valence-electron chi connectivity index (χ2n) is 5.47. The van der Waals surface area contributed by atoms with E-state index in [9.17, 15) is 5.11 Å². The van der Waals surface area contributed by atoms with Gasteiger partial charge in [0.15, 0.2) is 0 Å². The molecule has 2 aromatic rings. The third-order valence-electron chi connectivity index (χ3n) is 3.64. The molecule has 0 heterocycles. The van der Waals surface area contributed by atoms with E-state index in [-0.39, 0.29) is 0 Å². The van der Waals surface area contributed by atoms with E-state index in [2.05, 4.69) is 36.9 Å². The molecule has 0 unspecified atom stereocenters. The van der Waals surface area contributed by atoms with Crippen LogP contribution in [-0.4, -0.2) is 19.3 Å². The predicted molar refractivity (Wildman–Crippen MR) is 87.6 cm³/mol. The molecule has 0 saturated heterocycles. The standard InChI is InChI=1S/C18H23NO2/c1-12-9-13(2)11-15(10-12)19(4)16-7-6-8-17(21-5)18(16)14(3)20/h6-11,14,20H,1-5H3/t14-/m1/s1. The van der Waals surface area contributed by atoms with Crippen molar-refractivity contribution in [2.75, 3.05) is 19.1 Å². The Balaban J connectivity index is 2.55. The van der Waals surface area contributed by atoms with Gasteiger partial charge in [-0.3, -0.25) is 0 Å². The van der Waals surface area contributed by atoms with E-state index in [1.807, 2.05) is 25.2 Å². The van der Waals surface area contributed by atoms with Gasteiger partial charge in [-0.2, -0.15) is 0 Å². The van der Waals surface area contributed by atoms with E-state index in [0.29, 0.717) is 5.75 Å². The third-order valence-corrected chi connectivity index (χ3v) is 3.64. The lowest BCUT2D eigenvalue weighted by Crippen LogP contribution is -2.14. The summed E-state index contributed by atoms with van der Waals surface area (Å²) >= 11 is 0. The molecule has 0 aliphatic carbocycles. The zero-order valence-corrected chi connectivity index (χ0v) is 13.3. The van der Waals surface area contributed by atoms with Crippen molar-refractivity contribution in [3.05, 3.63) is 53.1 Å². The SMILES string of the molecule is COc1cccc(N(C)c2cc(C)cc(C)c2)c1[C@@H](C)O. The van der Waals surface area contributed by atoms with Crippen LogP contribution in [0, 0.1) is 13.8 Å². The lowest BCUT2D eigenvalue weighted by molar-refractivity contribution is 0.195. The highest BCUT2D eigenvalue weighted by atomic mass is 16.5. The molecule has 112 valence electrons. The molecule has 3 heteroatoms. The molecule has 2 aromatic carbocycles. The minimum absolute atomic E-state index is 0.593. The summed E-state index contributed by atoms with van der Waals surface area (Å²) in [5.74, 6) is 0.707. The normalized spacial score (nSPS) is 12.1. The molecule has 0 radical (unpaired) electrons. The minimum atomic E-state index is -0.593. The molecule has 1 atom stereocenters. The zero-order valence-electron chi connectivity index (χ0n) is 13.3. The summed E-state index contributed by atoms with van der Waals surface area (Å²) in [6.07, 6.45) is -0.593. The molecular formula is C18H23NO2. The molecule has 0 bridgehead atoms. The topological polar surface area (TPSA) is 32.7 Å². The van der Waals surface area contributed by atoms with Gasteiger partial charge in [0.2, 0.25) is 0 Å². The smallest absolute Gasteiger partial charge is 0.126 e. The monoisotopic (exact) mass is 285 g/mol. The molecule has 0 spiro atoms. The Labute approximate surface area is 126 Å². The number of aryl methyl sites for hydroxylation is 2.